The maximum atomic E-state index is 13.9. The lowest BCUT2D eigenvalue weighted by molar-refractivity contribution is -0.117. The van der Waals surface area contributed by atoms with Gasteiger partial charge in [0.25, 0.3) is 0 Å². The summed E-state index contributed by atoms with van der Waals surface area (Å²) in [6.45, 7) is 0.170. The van der Waals surface area contributed by atoms with Crippen LogP contribution in [0.3, 0.4) is 0 Å². The van der Waals surface area contributed by atoms with Crippen molar-refractivity contribution in [1.82, 2.24) is 0 Å². The summed E-state index contributed by atoms with van der Waals surface area (Å²) < 4.78 is 27.1. The zero-order valence-corrected chi connectivity index (χ0v) is 9.95. The van der Waals surface area contributed by atoms with E-state index >= 15 is 0 Å². The van der Waals surface area contributed by atoms with E-state index in [0.717, 1.165) is 17.0 Å². The van der Waals surface area contributed by atoms with E-state index in [0.29, 0.717) is 0 Å². The molecule has 4 nitrogen and oxygen atoms in total. The molecule has 1 aliphatic heterocycles. The molecule has 1 heterocycles. The van der Waals surface area contributed by atoms with E-state index in [1.54, 1.807) is 0 Å². The van der Waals surface area contributed by atoms with Gasteiger partial charge in [-0.3, -0.25) is 4.79 Å². The second-order valence-corrected chi connectivity index (χ2v) is 4.65. The Labute approximate surface area is 107 Å². The molecular formula is C11H9F2NO3S. The van der Waals surface area contributed by atoms with Crippen LogP contribution in [-0.4, -0.2) is 28.8 Å². The summed E-state index contributed by atoms with van der Waals surface area (Å²) in [5, 5.41) is 8.49. The second kappa shape index (κ2) is 4.56. The Morgan fingerprint density at radius 3 is 2.61 bits per heavy atom. The Hall–Kier alpha value is -1.63. The van der Waals surface area contributed by atoms with Crippen molar-refractivity contribution >= 4 is 30.2 Å². The van der Waals surface area contributed by atoms with Gasteiger partial charge in [0.2, 0.25) is 5.91 Å². The number of benzene rings is 1. The first-order valence-corrected chi connectivity index (χ1v) is 5.63. The average Bonchev–Trinajstić information content (AvgIpc) is 2.57. The molecule has 1 fully saturated rings. The van der Waals surface area contributed by atoms with Gasteiger partial charge in [-0.1, -0.05) is 0 Å². The van der Waals surface area contributed by atoms with Gasteiger partial charge in [-0.2, -0.15) is 12.6 Å². The summed E-state index contributed by atoms with van der Waals surface area (Å²) in [6.07, 6.45) is 0.141. The van der Waals surface area contributed by atoms with Crippen LogP contribution in [0.2, 0.25) is 0 Å². The number of rotatable bonds is 2. The third-order valence-corrected chi connectivity index (χ3v) is 3.03. The number of amides is 1. The smallest absolute Gasteiger partial charge is 0.341 e. The molecule has 1 atom stereocenters. The Morgan fingerprint density at radius 2 is 2.11 bits per heavy atom. The minimum atomic E-state index is -1.71. The Kier molecular flexibility index (Phi) is 3.25. The number of nitrogens with zero attached hydrogens (tertiary/aromatic N) is 1. The third kappa shape index (κ3) is 2.05. The van der Waals surface area contributed by atoms with Crippen molar-refractivity contribution in [1.29, 1.82) is 0 Å². The van der Waals surface area contributed by atoms with E-state index in [1.165, 1.54) is 0 Å². The number of carbonyl (C=O) groups excluding carboxylic acids is 1. The summed E-state index contributed by atoms with van der Waals surface area (Å²) in [6, 6.07) is 1.89. The number of hydrogen-bond donors (Lipinski definition) is 2. The summed E-state index contributed by atoms with van der Waals surface area (Å²) >= 11 is 4.11. The second-order valence-electron chi connectivity index (χ2n) is 3.92. The molecule has 1 aromatic rings. The summed E-state index contributed by atoms with van der Waals surface area (Å²) in [4.78, 5) is 23.4. The predicted molar refractivity (Wildman–Crippen MR) is 63.1 cm³/mol. The number of thiol groups is 1. The zero-order chi connectivity index (χ0) is 13.4. The number of anilines is 1. The SMILES string of the molecule is O=C(O)c1c(F)ccc(N2CC(S)CC2=O)c1F. The molecule has 1 amide bonds. The monoisotopic (exact) mass is 273 g/mol. The molecule has 1 N–H and O–H groups in total. The molecular weight excluding hydrogens is 264 g/mol. The maximum absolute atomic E-state index is 13.9. The van der Waals surface area contributed by atoms with E-state index in [9.17, 15) is 18.4 Å². The van der Waals surface area contributed by atoms with E-state index in [-0.39, 0.29) is 29.8 Å². The largest absolute Gasteiger partial charge is 0.477 e. The third-order valence-electron chi connectivity index (χ3n) is 2.68. The van der Waals surface area contributed by atoms with Crippen molar-refractivity contribution in [3.8, 4) is 0 Å². The molecule has 1 aliphatic rings. The van der Waals surface area contributed by atoms with Crippen LogP contribution < -0.4 is 4.90 Å². The fourth-order valence-electron chi connectivity index (χ4n) is 1.87. The molecule has 1 unspecified atom stereocenters. The standard InChI is InChI=1S/C11H9F2NO3S/c12-6-1-2-7(10(13)9(6)11(16)17)14-4-5(18)3-8(14)15/h1-2,5,18H,3-4H2,(H,16,17). The highest BCUT2D eigenvalue weighted by Gasteiger charge is 2.32. The summed E-state index contributed by atoms with van der Waals surface area (Å²) in [5.74, 6) is -4.48. The van der Waals surface area contributed by atoms with Crippen molar-refractivity contribution in [2.75, 3.05) is 11.4 Å². The van der Waals surface area contributed by atoms with Gasteiger partial charge >= 0.3 is 5.97 Å². The molecule has 0 radical (unpaired) electrons. The quantitative estimate of drug-likeness (QED) is 0.806. The highest BCUT2D eigenvalue weighted by molar-refractivity contribution is 7.81. The van der Waals surface area contributed by atoms with E-state index in [4.69, 9.17) is 5.11 Å². The lowest BCUT2D eigenvalue weighted by Crippen LogP contribution is -2.26. The van der Waals surface area contributed by atoms with Crippen LogP contribution in [0.4, 0.5) is 14.5 Å². The first kappa shape index (κ1) is 12.8. The van der Waals surface area contributed by atoms with Gasteiger partial charge in [-0.05, 0) is 12.1 Å². The number of carbonyl (C=O) groups is 2. The lowest BCUT2D eigenvalue weighted by atomic mass is 10.1. The minimum absolute atomic E-state index is 0.141. The number of carboxylic acid groups (broad SMARTS) is 1. The van der Waals surface area contributed by atoms with E-state index < -0.39 is 23.2 Å². The molecule has 0 aliphatic carbocycles. The molecule has 1 aromatic carbocycles. The highest BCUT2D eigenvalue weighted by Crippen LogP contribution is 2.29. The number of carboxylic acids is 1. The normalized spacial score (nSPS) is 19.4. The van der Waals surface area contributed by atoms with Crippen LogP contribution in [0.25, 0.3) is 0 Å². The van der Waals surface area contributed by atoms with Gasteiger partial charge in [-0.15, -0.1) is 0 Å². The van der Waals surface area contributed by atoms with Gasteiger partial charge in [0, 0.05) is 18.2 Å². The molecule has 0 bridgehead atoms. The first-order chi connectivity index (χ1) is 8.41. The van der Waals surface area contributed by atoms with Gasteiger partial charge in [-0.25, -0.2) is 13.6 Å². The van der Waals surface area contributed by atoms with Crippen LogP contribution in [-0.2, 0) is 4.79 Å². The lowest BCUT2D eigenvalue weighted by Gasteiger charge is -2.17. The zero-order valence-electron chi connectivity index (χ0n) is 9.06. The van der Waals surface area contributed by atoms with E-state index in [2.05, 4.69) is 12.6 Å². The van der Waals surface area contributed by atoms with Crippen LogP contribution in [0, 0.1) is 11.6 Å². The molecule has 0 spiro atoms. The van der Waals surface area contributed by atoms with Gasteiger partial charge < -0.3 is 10.0 Å². The fraction of sp³-hybridized carbons (Fsp3) is 0.273. The van der Waals surface area contributed by atoms with Gasteiger partial charge in [0.1, 0.15) is 11.4 Å². The van der Waals surface area contributed by atoms with Crippen molar-refractivity contribution in [3.63, 3.8) is 0 Å². The van der Waals surface area contributed by atoms with Crippen molar-refractivity contribution in [3.05, 3.63) is 29.3 Å². The highest BCUT2D eigenvalue weighted by atomic mass is 32.1. The van der Waals surface area contributed by atoms with Crippen molar-refractivity contribution in [2.45, 2.75) is 11.7 Å². The maximum Gasteiger partial charge on any atom is 0.341 e. The molecule has 96 valence electrons. The van der Waals surface area contributed by atoms with Crippen LogP contribution in [0.15, 0.2) is 12.1 Å². The molecule has 2 rings (SSSR count). The van der Waals surface area contributed by atoms with Crippen molar-refractivity contribution < 1.29 is 23.5 Å². The molecule has 18 heavy (non-hydrogen) atoms. The Bertz CT molecular complexity index is 535. The Balaban J connectivity index is 2.50. The van der Waals surface area contributed by atoms with Crippen LogP contribution in [0.5, 0.6) is 0 Å². The summed E-state index contributed by atoms with van der Waals surface area (Å²) in [5.41, 5.74) is -1.28. The fourth-order valence-corrected chi connectivity index (χ4v) is 2.19. The molecule has 0 saturated carbocycles. The van der Waals surface area contributed by atoms with Crippen LogP contribution in [0.1, 0.15) is 16.8 Å². The molecule has 7 heteroatoms. The molecule has 1 saturated heterocycles. The number of halogens is 2. The van der Waals surface area contributed by atoms with Gasteiger partial charge in [0.15, 0.2) is 5.82 Å². The Morgan fingerprint density at radius 1 is 1.44 bits per heavy atom. The van der Waals surface area contributed by atoms with E-state index in [1.807, 2.05) is 0 Å². The number of hydrogen-bond acceptors (Lipinski definition) is 3. The topological polar surface area (TPSA) is 57.6 Å². The summed E-state index contributed by atoms with van der Waals surface area (Å²) in [7, 11) is 0. The first-order valence-electron chi connectivity index (χ1n) is 5.11. The van der Waals surface area contributed by atoms with Gasteiger partial charge in [0.05, 0.1) is 5.69 Å². The predicted octanol–water partition coefficient (Wildman–Crippen LogP) is 1.70. The molecule has 0 aromatic heterocycles. The van der Waals surface area contributed by atoms with Crippen molar-refractivity contribution in [2.24, 2.45) is 0 Å². The number of aromatic carboxylic acids is 1. The average molecular weight is 273 g/mol. The minimum Gasteiger partial charge on any atom is -0.477 e. The van der Waals surface area contributed by atoms with Crippen LogP contribution >= 0.6 is 12.6 Å².